The fraction of sp³-hybridized carbons (Fsp3) is 0.455. The van der Waals surface area contributed by atoms with Crippen molar-refractivity contribution in [2.75, 3.05) is 38.3 Å². The number of carbonyl (C=O) groups excluding carboxylic acids is 1. The van der Waals surface area contributed by atoms with E-state index in [1.165, 1.54) is 16.8 Å². The maximum atomic E-state index is 12.6. The molecule has 2 N–H and O–H groups in total. The summed E-state index contributed by atoms with van der Waals surface area (Å²) < 4.78 is 37.7. The van der Waals surface area contributed by atoms with Crippen molar-refractivity contribution in [1.29, 1.82) is 0 Å². The van der Waals surface area contributed by atoms with E-state index in [2.05, 4.69) is 4.98 Å². The van der Waals surface area contributed by atoms with Crippen molar-refractivity contribution < 1.29 is 18.0 Å². The number of hydrogen-bond acceptors (Lipinski definition) is 4. The molecule has 0 unspecified atom stereocenters. The standard InChI is InChI=1S/C11H15F3N4O/c1-17(2)10(19)6-18(3)8-4-9(11(12,13)14)16-5-7(8)15/h4-5H,6,15H2,1-3H3. The van der Waals surface area contributed by atoms with Gasteiger partial charge in [0.05, 0.1) is 24.1 Å². The number of nitrogen functional groups attached to an aromatic ring is 1. The second-order valence-electron chi connectivity index (χ2n) is 4.27. The van der Waals surface area contributed by atoms with Crippen LogP contribution in [0.1, 0.15) is 5.69 Å². The molecule has 1 amide bonds. The molecular weight excluding hydrogens is 261 g/mol. The SMILES string of the molecule is CN(C)C(=O)CN(C)c1cc(C(F)(F)F)ncc1N. The zero-order valence-electron chi connectivity index (χ0n) is 10.8. The van der Waals surface area contributed by atoms with E-state index in [0.717, 1.165) is 12.3 Å². The van der Waals surface area contributed by atoms with Gasteiger partial charge in [-0.05, 0) is 6.07 Å². The smallest absolute Gasteiger partial charge is 0.396 e. The van der Waals surface area contributed by atoms with Gasteiger partial charge >= 0.3 is 6.18 Å². The molecule has 0 spiro atoms. The van der Waals surface area contributed by atoms with E-state index in [-0.39, 0.29) is 23.8 Å². The van der Waals surface area contributed by atoms with Crippen molar-refractivity contribution in [3.8, 4) is 0 Å². The largest absolute Gasteiger partial charge is 0.433 e. The van der Waals surface area contributed by atoms with Crippen LogP contribution in [0.2, 0.25) is 0 Å². The number of nitrogens with two attached hydrogens (primary N) is 1. The van der Waals surface area contributed by atoms with E-state index in [1.54, 1.807) is 14.1 Å². The van der Waals surface area contributed by atoms with Crippen LogP contribution in [0.15, 0.2) is 12.3 Å². The first-order valence-electron chi connectivity index (χ1n) is 5.37. The second kappa shape index (κ2) is 5.33. The molecule has 0 aliphatic heterocycles. The Morgan fingerprint density at radius 1 is 1.37 bits per heavy atom. The summed E-state index contributed by atoms with van der Waals surface area (Å²) in [6.07, 6.45) is -3.61. The van der Waals surface area contributed by atoms with Gasteiger partial charge in [0.15, 0.2) is 0 Å². The highest BCUT2D eigenvalue weighted by Gasteiger charge is 2.33. The molecule has 1 heterocycles. The minimum absolute atomic E-state index is 0.0709. The van der Waals surface area contributed by atoms with Crippen molar-refractivity contribution in [2.45, 2.75) is 6.18 Å². The Morgan fingerprint density at radius 3 is 2.42 bits per heavy atom. The summed E-state index contributed by atoms with van der Waals surface area (Å²) in [6.45, 7) is -0.0709. The molecule has 0 saturated carbocycles. The van der Waals surface area contributed by atoms with Crippen LogP contribution < -0.4 is 10.6 Å². The van der Waals surface area contributed by atoms with Crippen molar-refractivity contribution in [1.82, 2.24) is 9.88 Å². The third kappa shape index (κ3) is 3.73. The molecule has 0 bridgehead atoms. The highest BCUT2D eigenvalue weighted by atomic mass is 19.4. The lowest BCUT2D eigenvalue weighted by molar-refractivity contribution is -0.141. The molecule has 5 nitrogen and oxygen atoms in total. The minimum Gasteiger partial charge on any atom is -0.396 e. The molecular formula is C11H15F3N4O. The molecule has 0 aromatic carbocycles. The summed E-state index contributed by atoms with van der Waals surface area (Å²) in [5, 5.41) is 0. The number of likely N-dealkylation sites (N-methyl/N-ethyl adjacent to an activating group) is 2. The zero-order chi connectivity index (χ0) is 14.8. The first-order chi connectivity index (χ1) is 8.62. The summed E-state index contributed by atoms with van der Waals surface area (Å²) in [7, 11) is 4.62. The van der Waals surface area contributed by atoms with Gasteiger partial charge < -0.3 is 15.5 Å². The van der Waals surface area contributed by atoms with Crippen molar-refractivity contribution >= 4 is 17.3 Å². The molecule has 1 aromatic heterocycles. The van der Waals surface area contributed by atoms with Gasteiger partial charge in [0.2, 0.25) is 5.91 Å². The zero-order valence-corrected chi connectivity index (χ0v) is 10.8. The molecule has 0 saturated heterocycles. The lowest BCUT2D eigenvalue weighted by Gasteiger charge is -2.23. The predicted octanol–water partition coefficient (Wildman–Crippen LogP) is 1.21. The van der Waals surface area contributed by atoms with Gasteiger partial charge in [-0.3, -0.25) is 4.79 Å². The molecule has 0 aliphatic carbocycles. The number of anilines is 2. The van der Waals surface area contributed by atoms with Gasteiger partial charge in [-0.1, -0.05) is 0 Å². The summed E-state index contributed by atoms with van der Waals surface area (Å²) >= 11 is 0. The van der Waals surface area contributed by atoms with Gasteiger partial charge in [0.1, 0.15) is 5.69 Å². The number of nitrogens with zero attached hydrogens (tertiary/aromatic N) is 3. The third-order valence-corrected chi connectivity index (χ3v) is 2.48. The monoisotopic (exact) mass is 276 g/mol. The Morgan fingerprint density at radius 2 is 1.95 bits per heavy atom. The van der Waals surface area contributed by atoms with Gasteiger partial charge in [-0.15, -0.1) is 0 Å². The van der Waals surface area contributed by atoms with E-state index in [4.69, 9.17) is 5.73 Å². The van der Waals surface area contributed by atoms with E-state index in [0.29, 0.717) is 0 Å². The van der Waals surface area contributed by atoms with Crippen LogP contribution in [-0.2, 0) is 11.0 Å². The van der Waals surface area contributed by atoms with Gasteiger partial charge in [-0.2, -0.15) is 13.2 Å². The quantitative estimate of drug-likeness (QED) is 0.901. The highest BCUT2D eigenvalue weighted by Crippen LogP contribution is 2.32. The van der Waals surface area contributed by atoms with E-state index in [1.807, 2.05) is 0 Å². The maximum Gasteiger partial charge on any atom is 0.433 e. The number of rotatable bonds is 3. The lowest BCUT2D eigenvalue weighted by atomic mass is 10.2. The van der Waals surface area contributed by atoms with E-state index in [9.17, 15) is 18.0 Å². The predicted molar refractivity (Wildman–Crippen MR) is 65.6 cm³/mol. The molecule has 0 atom stereocenters. The van der Waals surface area contributed by atoms with Crippen molar-refractivity contribution in [3.63, 3.8) is 0 Å². The molecule has 0 aliphatic rings. The van der Waals surface area contributed by atoms with Crippen molar-refractivity contribution in [2.24, 2.45) is 0 Å². The van der Waals surface area contributed by atoms with Gasteiger partial charge in [0, 0.05) is 21.1 Å². The fourth-order valence-corrected chi connectivity index (χ4v) is 1.37. The highest BCUT2D eigenvalue weighted by molar-refractivity contribution is 5.82. The Hall–Kier alpha value is -1.99. The molecule has 0 fully saturated rings. The van der Waals surface area contributed by atoms with Gasteiger partial charge in [0.25, 0.3) is 0 Å². The van der Waals surface area contributed by atoms with Crippen LogP contribution in [0.5, 0.6) is 0 Å². The first-order valence-corrected chi connectivity index (χ1v) is 5.37. The summed E-state index contributed by atoms with van der Waals surface area (Å²) in [6, 6.07) is 0.832. The van der Waals surface area contributed by atoms with Crippen LogP contribution in [0.25, 0.3) is 0 Å². The Bertz CT molecular complexity index is 473. The first kappa shape index (κ1) is 15.1. The van der Waals surface area contributed by atoms with Crippen LogP contribution >= 0.6 is 0 Å². The summed E-state index contributed by atoms with van der Waals surface area (Å²) in [5.74, 6) is -0.243. The molecule has 1 aromatic rings. The normalized spacial score (nSPS) is 11.3. The third-order valence-electron chi connectivity index (χ3n) is 2.48. The fourth-order valence-electron chi connectivity index (χ4n) is 1.37. The van der Waals surface area contributed by atoms with Crippen LogP contribution in [-0.4, -0.2) is 43.5 Å². The molecule has 1 rings (SSSR count). The second-order valence-corrected chi connectivity index (χ2v) is 4.27. The topological polar surface area (TPSA) is 62.5 Å². The number of halogens is 3. The molecule has 19 heavy (non-hydrogen) atoms. The average Bonchev–Trinajstić information content (AvgIpc) is 2.27. The van der Waals surface area contributed by atoms with Crippen LogP contribution in [0.3, 0.4) is 0 Å². The number of carbonyl (C=O) groups is 1. The van der Waals surface area contributed by atoms with Crippen LogP contribution in [0, 0.1) is 0 Å². The maximum absolute atomic E-state index is 12.6. The van der Waals surface area contributed by atoms with E-state index >= 15 is 0 Å². The Labute approximate surface area is 108 Å². The average molecular weight is 276 g/mol. The summed E-state index contributed by atoms with van der Waals surface area (Å²) in [4.78, 5) is 17.5. The Balaban J connectivity index is 3.02. The number of amides is 1. The molecule has 0 radical (unpaired) electrons. The number of aromatic nitrogens is 1. The Kier molecular flexibility index (Phi) is 4.23. The minimum atomic E-state index is -4.55. The van der Waals surface area contributed by atoms with Gasteiger partial charge in [-0.25, -0.2) is 4.98 Å². The van der Waals surface area contributed by atoms with Crippen molar-refractivity contribution in [3.05, 3.63) is 18.0 Å². The number of pyridine rings is 1. The molecule has 8 heteroatoms. The lowest BCUT2D eigenvalue weighted by Crippen LogP contribution is -2.34. The number of hydrogen-bond donors (Lipinski definition) is 1. The van der Waals surface area contributed by atoms with Crippen LogP contribution in [0.4, 0.5) is 24.5 Å². The summed E-state index contributed by atoms with van der Waals surface area (Å²) in [5.41, 5.74) is 4.76. The molecule has 106 valence electrons. The van der Waals surface area contributed by atoms with E-state index < -0.39 is 11.9 Å². The number of alkyl halides is 3.